The second-order valence-corrected chi connectivity index (χ2v) is 8.48. The van der Waals surface area contributed by atoms with E-state index in [9.17, 15) is 14.4 Å². The summed E-state index contributed by atoms with van der Waals surface area (Å²) in [5.41, 5.74) is 1.05. The van der Waals surface area contributed by atoms with E-state index in [1.54, 1.807) is 59.7 Å². The molecule has 2 N–H and O–H groups in total. The van der Waals surface area contributed by atoms with Gasteiger partial charge in [0.15, 0.2) is 0 Å². The minimum atomic E-state index is -0.752. The lowest BCUT2D eigenvalue weighted by Crippen LogP contribution is -2.53. The molecule has 2 heterocycles. The number of rotatable bonds is 8. The number of hydrogen-bond acceptors (Lipinski definition) is 5. The van der Waals surface area contributed by atoms with Crippen LogP contribution in [0.2, 0.25) is 0 Å². The van der Waals surface area contributed by atoms with Gasteiger partial charge in [0.1, 0.15) is 17.6 Å². The van der Waals surface area contributed by atoms with Crippen molar-refractivity contribution in [3.63, 3.8) is 0 Å². The Morgan fingerprint density at radius 3 is 2.43 bits per heavy atom. The number of methoxy groups -OCH3 is 1. The highest BCUT2D eigenvalue weighted by molar-refractivity contribution is 5.98. The molecule has 0 saturated carbocycles. The first kappa shape index (κ1) is 24.1. The Kier molecular flexibility index (Phi) is 7.82. The fourth-order valence-electron chi connectivity index (χ4n) is 4.28. The maximum absolute atomic E-state index is 13.2. The van der Waals surface area contributed by atoms with Gasteiger partial charge in [-0.2, -0.15) is 0 Å². The van der Waals surface area contributed by atoms with Crippen LogP contribution in [0.15, 0.2) is 77.4 Å². The van der Waals surface area contributed by atoms with Crippen molar-refractivity contribution < 1.29 is 23.5 Å². The average Bonchev–Trinajstić information content (AvgIpc) is 3.44. The molecule has 0 radical (unpaired) electrons. The van der Waals surface area contributed by atoms with Crippen LogP contribution in [0.5, 0.6) is 5.75 Å². The Balaban J connectivity index is 1.45. The third-order valence-electron chi connectivity index (χ3n) is 6.24. The van der Waals surface area contributed by atoms with Gasteiger partial charge >= 0.3 is 0 Å². The number of carbonyl (C=O) groups excluding carboxylic acids is 3. The maximum atomic E-state index is 13.2. The minimum absolute atomic E-state index is 0.0247. The topological polar surface area (TPSA) is 101 Å². The number of piperidine rings is 1. The second kappa shape index (κ2) is 11.4. The summed E-state index contributed by atoms with van der Waals surface area (Å²) in [6.07, 6.45) is 2.73. The summed E-state index contributed by atoms with van der Waals surface area (Å²) >= 11 is 0. The summed E-state index contributed by atoms with van der Waals surface area (Å²) in [7, 11) is 1.53. The first-order valence-corrected chi connectivity index (χ1v) is 11.6. The van der Waals surface area contributed by atoms with Gasteiger partial charge < -0.3 is 24.7 Å². The van der Waals surface area contributed by atoms with E-state index >= 15 is 0 Å². The van der Waals surface area contributed by atoms with Crippen LogP contribution in [-0.2, 0) is 11.3 Å². The highest BCUT2D eigenvalue weighted by Gasteiger charge is 2.34. The lowest BCUT2D eigenvalue weighted by molar-refractivity contribution is -0.124. The van der Waals surface area contributed by atoms with Gasteiger partial charge in [-0.3, -0.25) is 14.4 Å². The van der Waals surface area contributed by atoms with Crippen LogP contribution in [0.4, 0.5) is 0 Å². The zero-order valence-corrected chi connectivity index (χ0v) is 19.6. The molecule has 1 aliphatic heterocycles. The fourth-order valence-corrected chi connectivity index (χ4v) is 4.28. The molecule has 1 aliphatic rings. The molecule has 1 saturated heterocycles. The number of hydrogen-bond donors (Lipinski definition) is 2. The summed E-state index contributed by atoms with van der Waals surface area (Å²) in [6, 6.07) is 18.7. The number of ether oxygens (including phenoxy) is 1. The van der Waals surface area contributed by atoms with Crippen LogP contribution in [-0.4, -0.2) is 48.9 Å². The Morgan fingerprint density at radius 2 is 1.74 bits per heavy atom. The SMILES string of the molecule is COc1cccc(C(=O)N[C@@H](C(=O)NCc2ccco2)C2CCN(C(=O)c3ccccc3)CC2)c1. The van der Waals surface area contributed by atoms with Crippen LogP contribution >= 0.6 is 0 Å². The molecule has 1 atom stereocenters. The predicted molar refractivity (Wildman–Crippen MR) is 130 cm³/mol. The maximum Gasteiger partial charge on any atom is 0.253 e. The van der Waals surface area contributed by atoms with Gasteiger partial charge in [0.05, 0.1) is 19.9 Å². The van der Waals surface area contributed by atoms with E-state index in [1.165, 1.54) is 7.11 Å². The molecular weight excluding hydrogens is 446 g/mol. The second-order valence-electron chi connectivity index (χ2n) is 8.48. The smallest absolute Gasteiger partial charge is 0.253 e. The van der Waals surface area contributed by atoms with Crippen LogP contribution in [0, 0.1) is 5.92 Å². The van der Waals surface area contributed by atoms with Gasteiger partial charge in [-0.1, -0.05) is 24.3 Å². The van der Waals surface area contributed by atoms with E-state index < -0.39 is 6.04 Å². The largest absolute Gasteiger partial charge is 0.497 e. The first-order valence-electron chi connectivity index (χ1n) is 11.6. The zero-order valence-electron chi connectivity index (χ0n) is 19.6. The van der Waals surface area contributed by atoms with Crippen molar-refractivity contribution in [1.82, 2.24) is 15.5 Å². The molecule has 0 unspecified atom stereocenters. The van der Waals surface area contributed by atoms with E-state index in [1.807, 2.05) is 18.2 Å². The molecule has 35 heavy (non-hydrogen) atoms. The van der Waals surface area contributed by atoms with Gasteiger partial charge in [0.25, 0.3) is 11.8 Å². The van der Waals surface area contributed by atoms with Crippen molar-refractivity contribution in [3.05, 3.63) is 89.9 Å². The monoisotopic (exact) mass is 475 g/mol. The molecule has 1 aromatic heterocycles. The summed E-state index contributed by atoms with van der Waals surface area (Å²) in [6.45, 7) is 1.24. The lowest BCUT2D eigenvalue weighted by atomic mass is 9.88. The van der Waals surface area contributed by atoms with Gasteiger partial charge in [-0.15, -0.1) is 0 Å². The minimum Gasteiger partial charge on any atom is -0.497 e. The third kappa shape index (κ3) is 6.09. The fraction of sp³-hybridized carbons (Fsp3) is 0.296. The van der Waals surface area contributed by atoms with Crippen molar-refractivity contribution in [2.24, 2.45) is 5.92 Å². The van der Waals surface area contributed by atoms with E-state index in [4.69, 9.17) is 9.15 Å². The van der Waals surface area contributed by atoms with Crippen LogP contribution in [0.1, 0.15) is 39.3 Å². The molecule has 3 amide bonds. The Bertz CT molecular complexity index is 1140. The van der Waals surface area contributed by atoms with Crippen molar-refractivity contribution in [1.29, 1.82) is 0 Å². The Hall–Kier alpha value is -4.07. The van der Waals surface area contributed by atoms with Crippen molar-refractivity contribution >= 4 is 17.7 Å². The normalized spacial score (nSPS) is 14.7. The molecule has 8 nitrogen and oxygen atoms in total. The Morgan fingerprint density at radius 1 is 1.00 bits per heavy atom. The number of furan rings is 1. The van der Waals surface area contributed by atoms with Crippen molar-refractivity contribution in [3.8, 4) is 5.75 Å². The molecular formula is C27H29N3O5. The zero-order chi connectivity index (χ0) is 24.6. The third-order valence-corrected chi connectivity index (χ3v) is 6.24. The summed E-state index contributed by atoms with van der Waals surface area (Å²) in [5.74, 6) is 0.392. The molecule has 182 valence electrons. The standard InChI is InChI=1S/C27H29N3O5/c1-34-22-10-5-9-21(17-22)25(31)29-24(26(32)28-18-23-11-6-16-35-23)19-12-14-30(15-13-19)27(33)20-7-3-2-4-8-20/h2-11,16-17,19,24H,12-15,18H2,1H3,(H,28,32)(H,29,31)/t24-/m1/s1. The lowest BCUT2D eigenvalue weighted by Gasteiger charge is -2.35. The molecule has 0 spiro atoms. The van der Waals surface area contributed by atoms with Crippen LogP contribution < -0.4 is 15.4 Å². The molecule has 0 aliphatic carbocycles. The highest BCUT2D eigenvalue weighted by atomic mass is 16.5. The van der Waals surface area contributed by atoms with Crippen molar-refractivity contribution in [2.75, 3.05) is 20.2 Å². The van der Waals surface area contributed by atoms with Gasteiger partial charge in [0.2, 0.25) is 5.91 Å². The number of benzene rings is 2. The van der Waals surface area contributed by atoms with Gasteiger partial charge in [-0.25, -0.2) is 0 Å². The quantitative estimate of drug-likeness (QED) is 0.521. The van der Waals surface area contributed by atoms with E-state index in [0.29, 0.717) is 48.6 Å². The average molecular weight is 476 g/mol. The van der Waals surface area contributed by atoms with E-state index in [0.717, 1.165) is 0 Å². The summed E-state index contributed by atoms with van der Waals surface area (Å²) < 4.78 is 10.5. The first-order chi connectivity index (χ1) is 17.0. The predicted octanol–water partition coefficient (Wildman–Crippen LogP) is 3.26. The molecule has 4 rings (SSSR count). The van der Waals surface area contributed by atoms with E-state index in [-0.39, 0.29) is 30.2 Å². The highest BCUT2D eigenvalue weighted by Crippen LogP contribution is 2.23. The summed E-state index contributed by atoms with van der Waals surface area (Å²) in [5, 5.41) is 5.79. The number of carbonyl (C=O) groups is 3. The number of nitrogens with zero attached hydrogens (tertiary/aromatic N) is 1. The van der Waals surface area contributed by atoms with Gasteiger partial charge in [-0.05, 0) is 61.2 Å². The van der Waals surface area contributed by atoms with E-state index in [2.05, 4.69) is 10.6 Å². The molecule has 2 aromatic carbocycles. The van der Waals surface area contributed by atoms with Crippen molar-refractivity contribution in [2.45, 2.75) is 25.4 Å². The van der Waals surface area contributed by atoms with Crippen LogP contribution in [0.3, 0.4) is 0 Å². The van der Waals surface area contributed by atoms with Gasteiger partial charge in [0, 0.05) is 24.2 Å². The molecule has 1 fully saturated rings. The molecule has 3 aromatic rings. The number of nitrogens with one attached hydrogen (secondary N) is 2. The molecule has 8 heteroatoms. The molecule has 0 bridgehead atoms. The number of amides is 3. The number of likely N-dealkylation sites (tertiary alicyclic amines) is 1. The van der Waals surface area contributed by atoms with Crippen LogP contribution in [0.25, 0.3) is 0 Å². The Labute approximate surface area is 204 Å². The summed E-state index contributed by atoms with van der Waals surface area (Å²) in [4.78, 5) is 40.8.